The van der Waals surface area contributed by atoms with Crippen molar-refractivity contribution >= 4 is 29.9 Å². The predicted octanol–water partition coefficient (Wildman–Crippen LogP) is 1.92. The molecular formula is C19H33IN4O2. The van der Waals surface area contributed by atoms with Gasteiger partial charge in [0.1, 0.15) is 5.75 Å². The van der Waals surface area contributed by atoms with E-state index in [1.54, 1.807) is 7.11 Å². The first-order chi connectivity index (χ1) is 12.2. The number of nitrogens with zero attached hydrogens (tertiary/aromatic N) is 2. The number of hydrogen-bond donors (Lipinski definition) is 2. The lowest BCUT2D eigenvalue weighted by molar-refractivity contribution is 0.161. The lowest BCUT2D eigenvalue weighted by Gasteiger charge is -2.17. The van der Waals surface area contributed by atoms with Gasteiger partial charge in [0.15, 0.2) is 5.96 Å². The van der Waals surface area contributed by atoms with Gasteiger partial charge >= 0.3 is 0 Å². The third-order valence-corrected chi connectivity index (χ3v) is 4.37. The first kappa shape index (κ1) is 23.0. The number of hydrogen-bond acceptors (Lipinski definition) is 4. The molecule has 0 atom stereocenters. The SMILES string of the molecule is CN=C(NCCCN(C)CCOC)NCCc1ccc2c(c1)CCO2.I. The van der Waals surface area contributed by atoms with Gasteiger partial charge in [-0.25, -0.2) is 0 Å². The van der Waals surface area contributed by atoms with Crippen molar-refractivity contribution in [2.75, 3.05) is 60.6 Å². The van der Waals surface area contributed by atoms with Gasteiger partial charge in [0.05, 0.1) is 13.2 Å². The maximum Gasteiger partial charge on any atom is 0.190 e. The minimum atomic E-state index is 0. The molecule has 1 aliphatic heterocycles. The van der Waals surface area contributed by atoms with Gasteiger partial charge in [-0.2, -0.15) is 0 Å². The summed E-state index contributed by atoms with van der Waals surface area (Å²) in [6.45, 7) is 5.39. The quantitative estimate of drug-likeness (QED) is 0.234. The molecule has 0 bridgehead atoms. The molecule has 2 rings (SSSR count). The largest absolute Gasteiger partial charge is 0.493 e. The standard InChI is InChI=1S/C19H32N4O2.HI/c1-20-19(21-9-4-11-23(2)12-14-24-3)22-10-7-16-5-6-18-17(15-16)8-13-25-18;/h5-6,15H,4,7-14H2,1-3H3,(H2,20,21,22);1H. The summed E-state index contributed by atoms with van der Waals surface area (Å²) < 4.78 is 10.6. The van der Waals surface area contributed by atoms with Crippen LogP contribution in [0.3, 0.4) is 0 Å². The number of guanidine groups is 1. The zero-order valence-electron chi connectivity index (χ0n) is 16.2. The third kappa shape index (κ3) is 8.09. The van der Waals surface area contributed by atoms with Crippen LogP contribution in [0.2, 0.25) is 0 Å². The fraction of sp³-hybridized carbons (Fsp3) is 0.632. The second-order valence-electron chi connectivity index (χ2n) is 6.37. The van der Waals surface area contributed by atoms with Crippen molar-refractivity contribution in [1.82, 2.24) is 15.5 Å². The molecule has 6 nitrogen and oxygen atoms in total. The number of methoxy groups -OCH3 is 1. The maximum absolute atomic E-state index is 5.55. The van der Waals surface area contributed by atoms with Gasteiger partial charge in [-0.15, -0.1) is 24.0 Å². The van der Waals surface area contributed by atoms with Crippen LogP contribution in [-0.4, -0.2) is 71.5 Å². The van der Waals surface area contributed by atoms with Crippen molar-refractivity contribution in [3.8, 4) is 5.75 Å². The molecule has 0 spiro atoms. The molecule has 0 fully saturated rings. The smallest absolute Gasteiger partial charge is 0.190 e. The van der Waals surface area contributed by atoms with E-state index in [1.807, 2.05) is 7.05 Å². The van der Waals surface area contributed by atoms with Gasteiger partial charge < -0.3 is 25.0 Å². The van der Waals surface area contributed by atoms with E-state index in [9.17, 15) is 0 Å². The Morgan fingerprint density at radius 1 is 1.27 bits per heavy atom. The summed E-state index contributed by atoms with van der Waals surface area (Å²) in [4.78, 5) is 6.56. The number of aliphatic imine (C=N–C) groups is 1. The van der Waals surface area contributed by atoms with Crippen LogP contribution in [0.25, 0.3) is 0 Å². The molecule has 1 aromatic rings. The van der Waals surface area contributed by atoms with E-state index in [0.29, 0.717) is 0 Å². The highest BCUT2D eigenvalue weighted by molar-refractivity contribution is 14.0. The van der Waals surface area contributed by atoms with Crippen molar-refractivity contribution in [2.45, 2.75) is 19.3 Å². The van der Waals surface area contributed by atoms with E-state index < -0.39 is 0 Å². The molecule has 0 amide bonds. The normalized spacial score (nSPS) is 13.2. The molecule has 26 heavy (non-hydrogen) atoms. The van der Waals surface area contributed by atoms with Gasteiger partial charge in [-0.05, 0) is 43.6 Å². The van der Waals surface area contributed by atoms with Crippen molar-refractivity contribution in [3.63, 3.8) is 0 Å². The lowest BCUT2D eigenvalue weighted by atomic mass is 10.1. The minimum absolute atomic E-state index is 0. The van der Waals surface area contributed by atoms with Crippen LogP contribution in [0.5, 0.6) is 5.75 Å². The zero-order valence-corrected chi connectivity index (χ0v) is 18.5. The number of likely N-dealkylation sites (N-methyl/N-ethyl adjacent to an activating group) is 1. The van der Waals surface area contributed by atoms with Crippen LogP contribution < -0.4 is 15.4 Å². The second kappa shape index (κ2) is 13.2. The molecule has 0 saturated heterocycles. The number of rotatable bonds is 10. The Bertz CT molecular complexity index is 554. The molecule has 148 valence electrons. The molecule has 0 saturated carbocycles. The molecule has 0 aliphatic carbocycles. The molecule has 1 heterocycles. The highest BCUT2D eigenvalue weighted by Crippen LogP contribution is 2.25. The number of benzene rings is 1. The van der Waals surface area contributed by atoms with Crippen LogP contribution in [-0.2, 0) is 17.6 Å². The fourth-order valence-corrected chi connectivity index (χ4v) is 2.86. The summed E-state index contributed by atoms with van der Waals surface area (Å²) in [5.41, 5.74) is 2.67. The summed E-state index contributed by atoms with van der Waals surface area (Å²) in [6.07, 6.45) is 3.08. The van der Waals surface area contributed by atoms with E-state index in [4.69, 9.17) is 9.47 Å². The van der Waals surface area contributed by atoms with Crippen molar-refractivity contribution < 1.29 is 9.47 Å². The molecule has 0 unspecified atom stereocenters. The van der Waals surface area contributed by atoms with Crippen molar-refractivity contribution in [3.05, 3.63) is 29.3 Å². The molecule has 7 heteroatoms. The first-order valence-corrected chi connectivity index (χ1v) is 9.09. The molecular weight excluding hydrogens is 443 g/mol. The summed E-state index contributed by atoms with van der Waals surface area (Å²) in [5.74, 6) is 1.91. The van der Waals surface area contributed by atoms with Gasteiger partial charge in [0.2, 0.25) is 0 Å². The van der Waals surface area contributed by atoms with Crippen molar-refractivity contribution in [1.29, 1.82) is 0 Å². The summed E-state index contributed by atoms with van der Waals surface area (Å²) in [5, 5.41) is 6.75. The average Bonchev–Trinajstić information content (AvgIpc) is 3.09. The topological polar surface area (TPSA) is 58.1 Å². The van der Waals surface area contributed by atoms with Crippen LogP contribution in [0.1, 0.15) is 17.5 Å². The zero-order chi connectivity index (χ0) is 17.9. The molecule has 0 aromatic heterocycles. The Kier molecular flexibility index (Phi) is 11.6. The van der Waals surface area contributed by atoms with Gasteiger partial charge in [0.25, 0.3) is 0 Å². The number of halogens is 1. The van der Waals surface area contributed by atoms with Gasteiger partial charge in [0, 0.05) is 40.2 Å². The minimum Gasteiger partial charge on any atom is -0.493 e. The average molecular weight is 476 g/mol. The highest BCUT2D eigenvalue weighted by atomic mass is 127. The maximum atomic E-state index is 5.55. The highest BCUT2D eigenvalue weighted by Gasteiger charge is 2.11. The van der Waals surface area contributed by atoms with E-state index in [-0.39, 0.29) is 24.0 Å². The van der Waals surface area contributed by atoms with Crippen LogP contribution in [0.4, 0.5) is 0 Å². The number of nitrogens with one attached hydrogen (secondary N) is 2. The molecule has 1 aliphatic rings. The Hall–Kier alpha value is -1.06. The van der Waals surface area contributed by atoms with Crippen LogP contribution >= 0.6 is 24.0 Å². The van der Waals surface area contributed by atoms with Gasteiger partial charge in [-0.1, -0.05) is 12.1 Å². The van der Waals surface area contributed by atoms with E-state index in [1.165, 1.54) is 11.1 Å². The van der Waals surface area contributed by atoms with Gasteiger partial charge in [-0.3, -0.25) is 4.99 Å². The second-order valence-corrected chi connectivity index (χ2v) is 6.37. The van der Waals surface area contributed by atoms with E-state index in [0.717, 1.165) is 70.4 Å². The summed E-state index contributed by atoms with van der Waals surface area (Å²) in [7, 11) is 5.67. The number of fused-ring (bicyclic) bond motifs is 1. The third-order valence-electron chi connectivity index (χ3n) is 4.37. The summed E-state index contributed by atoms with van der Waals surface area (Å²) in [6, 6.07) is 6.50. The Labute approximate surface area is 174 Å². The first-order valence-electron chi connectivity index (χ1n) is 9.09. The Morgan fingerprint density at radius 3 is 2.85 bits per heavy atom. The Morgan fingerprint density at radius 2 is 2.08 bits per heavy atom. The fourth-order valence-electron chi connectivity index (χ4n) is 2.86. The predicted molar refractivity (Wildman–Crippen MR) is 118 cm³/mol. The lowest BCUT2D eigenvalue weighted by Crippen LogP contribution is -2.39. The number of ether oxygens (including phenoxy) is 2. The van der Waals surface area contributed by atoms with E-state index >= 15 is 0 Å². The summed E-state index contributed by atoms with van der Waals surface area (Å²) >= 11 is 0. The van der Waals surface area contributed by atoms with Crippen LogP contribution in [0, 0.1) is 0 Å². The van der Waals surface area contributed by atoms with Crippen LogP contribution in [0.15, 0.2) is 23.2 Å². The Balaban J connectivity index is 0.00000338. The van der Waals surface area contributed by atoms with E-state index in [2.05, 4.69) is 45.8 Å². The molecule has 0 radical (unpaired) electrons. The monoisotopic (exact) mass is 476 g/mol. The molecule has 2 N–H and O–H groups in total. The molecule has 1 aromatic carbocycles. The van der Waals surface area contributed by atoms with Crippen molar-refractivity contribution in [2.24, 2.45) is 4.99 Å².